The second kappa shape index (κ2) is 4.31. The van der Waals surface area contributed by atoms with Crippen molar-refractivity contribution in [3.8, 4) is 0 Å². The molecular weight excluding hydrogens is 148 g/mol. The summed E-state index contributed by atoms with van der Waals surface area (Å²) in [6.45, 7) is 1.66. The first kappa shape index (κ1) is 10.4. The molecule has 4 heteroatoms. The molecular formula is C7H14O4. The van der Waals surface area contributed by atoms with Crippen molar-refractivity contribution >= 4 is 5.97 Å². The summed E-state index contributed by atoms with van der Waals surface area (Å²) >= 11 is 0. The molecule has 0 saturated heterocycles. The lowest BCUT2D eigenvalue weighted by Crippen LogP contribution is -2.43. The van der Waals surface area contributed by atoms with Gasteiger partial charge in [0.25, 0.3) is 0 Å². The summed E-state index contributed by atoms with van der Waals surface area (Å²) < 4.78 is 9.06. The number of aliphatic hydroxyl groups is 1. The zero-order valence-electron chi connectivity index (χ0n) is 7.09. The van der Waals surface area contributed by atoms with Gasteiger partial charge in [0.1, 0.15) is 0 Å². The van der Waals surface area contributed by atoms with Crippen LogP contribution in [0, 0.1) is 0 Å². The lowest BCUT2D eigenvalue weighted by molar-refractivity contribution is -0.168. The maximum Gasteiger partial charge on any atom is 0.340 e. The number of rotatable bonds is 4. The van der Waals surface area contributed by atoms with E-state index < -0.39 is 11.6 Å². The monoisotopic (exact) mass is 162 g/mol. The molecule has 1 unspecified atom stereocenters. The summed E-state index contributed by atoms with van der Waals surface area (Å²) in [6.07, 6.45) is 0.285. The Labute approximate surface area is 66.1 Å². The lowest BCUT2D eigenvalue weighted by atomic mass is 10.0. The van der Waals surface area contributed by atoms with Crippen molar-refractivity contribution in [3.63, 3.8) is 0 Å². The van der Waals surface area contributed by atoms with Crippen molar-refractivity contribution in [2.75, 3.05) is 20.8 Å². The Morgan fingerprint density at radius 2 is 2.09 bits per heavy atom. The number of methoxy groups -OCH3 is 2. The fourth-order valence-electron chi connectivity index (χ4n) is 0.734. The Morgan fingerprint density at radius 1 is 1.55 bits per heavy atom. The van der Waals surface area contributed by atoms with Gasteiger partial charge in [-0.25, -0.2) is 4.79 Å². The van der Waals surface area contributed by atoms with E-state index in [-0.39, 0.29) is 13.0 Å². The van der Waals surface area contributed by atoms with E-state index in [1.165, 1.54) is 14.2 Å². The minimum absolute atomic E-state index is 0.0316. The summed E-state index contributed by atoms with van der Waals surface area (Å²) in [4.78, 5) is 10.9. The number of carbonyl (C=O) groups is 1. The van der Waals surface area contributed by atoms with E-state index >= 15 is 0 Å². The molecule has 0 fully saturated rings. The molecule has 66 valence electrons. The molecule has 1 N–H and O–H groups in total. The number of hydrogen-bond donors (Lipinski definition) is 1. The quantitative estimate of drug-likeness (QED) is 0.589. The van der Waals surface area contributed by atoms with Gasteiger partial charge in [0, 0.05) is 7.11 Å². The van der Waals surface area contributed by atoms with Crippen LogP contribution in [0.25, 0.3) is 0 Å². The summed E-state index contributed by atoms with van der Waals surface area (Å²) in [5, 5.41) is 9.49. The molecule has 0 amide bonds. The molecule has 0 aromatic rings. The first-order chi connectivity index (χ1) is 5.10. The van der Waals surface area contributed by atoms with Gasteiger partial charge in [-0.15, -0.1) is 0 Å². The zero-order valence-corrected chi connectivity index (χ0v) is 7.09. The number of hydrogen-bond acceptors (Lipinski definition) is 4. The Kier molecular flexibility index (Phi) is 4.07. The standard InChI is InChI=1S/C7H14O4/c1-4-7(9,5-10-2)6(8)11-3/h9H,4-5H2,1-3H3. The van der Waals surface area contributed by atoms with Gasteiger partial charge in [-0.05, 0) is 6.42 Å². The highest BCUT2D eigenvalue weighted by Crippen LogP contribution is 2.11. The second-order valence-corrected chi connectivity index (χ2v) is 2.31. The van der Waals surface area contributed by atoms with Gasteiger partial charge >= 0.3 is 5.97 Å². The van der Waals surface area contributed by atoms with Gasteiger partial charge in [0.2, 0.25) is 0 Å². The van der Waals surface area contributed by atoms with E-state index in [1.807, 2.05) is 0 Å². The van der Waals surface area contributed by atoms with Crippen molar-refractivity contribution in [2.24, 2.45) is 0 Å². The van der Waals surface area contributed by atoms with Crippen LogP contribution in [0.1, 0.15) is 13.3 Å². The molecule has 0 aliphatic rings. The molecule has 0 bridgehead atoms. The Bertz CT molecular complexity index is 134. The maximum atomic E-state index is 10.9. The Morgan fingerprint density at radius 3 is 2.36 bits per heavy atom. The second-order valence-electron chi connectivity index (χ2n) is 2.31. The normalized spacial score (nSPS) is 15.6. The third-order valence-electron chi connectivity index (χ3n) is 1.53. The fraction of sp³-hybridized carbons (Fsp3) is 0.857. The molecule has 0 aromatic heterocycles. The largest absolute Gasteiger partial charge is 0.467 e. The van der Waals surface area contributed by atoms with E-state index in [2.05, 4.69) is 9.47 Å². The molecule has 0 aromatic carbocycles. The first-order valence-corrected chi connectivity index (χ1v) is 3.40. The summed E-state index contributed by atoms with van der Waals surface area (Å²) in [6, 6.07) is 0. The van der Waals surface area contributed by atoms with Crippen LogP contribution < -0.4 is 0 Å². The van der Waals surface area contributed by atoms with Crippen LogP contribution in [-0.2, 0) is 14.3 Å². The van der Waals surface area contributed by atoms with E-state index in [1.54, 1.807) is 6.92 Å². The van der Waals surface area contributed by atoms with Crippen LogP contribution in [0.3, 0.4) is 0 Å². The van der Waals surface area contributed by atoms with E-state index in [4.69, 9.17) is 0 Å². The zero-order chi connectivity index (χ0) is 8.91. The van der Waals surface area contributed by atoms with Crippen molar-refractivity contribution in [1.29, 1.82) is 0 Å². The molecule has 0 radical (unpaired) electrons. The molecule has 0 aliphatic heterocycles. The summed E-state index contributed by atoms with van der Waals surface area (Å²) in [5.41, 5.74) is -1.48. The van der Waals surface area contributed by atoms with E-state index in [9.17, 15) is 9.90 Å². The summed E-state index contributed by atoms with van der Waals surface area (Å²) in [5.74, 6) is -0.651. The van der Waals surface area contributed by atoms with Crippen LogP contribution >= 0.6 is 0 Å². The number of ether oxygens (including phenoxy) is 2. The Hall–Kier alpha value is -0.610. The predicted molar refractivity (Wildman–Crippen MR) is 39.1 cm³/mol. The lowest BCUT2D eigenvalue weighted by Gasteiger charge is -2.21. The molecule has 0 saturated carbocycles. The van der Waals surface area contributed by atoms with Gasteiger partial charge in [-0.2, -0.15) is 0 Å². The third kappa shape index (κ3) is 2.48. The minimum atomic E-state index is -1.48. The molecule has 11 heavy (non-hydrogen) atoms. The molecule has 0 heterocycles. The molecule has 0 aliphatic carbocycles. The molecule has 0 spiro atoms. The SMILES string of the molecule is CCC(O)(COC)C(=O)OC. The Balaban J connectivity index is 4.19. The fourth-order valence-corrected chi connectivity index (χ4v) is 0.734. The van der Waals surface area contributed by atoms with Crippen LogP contribution in [0.5, 0.6) is 0 Å². The highest BCUT2D eigenvalue weighted by atomic mass is 16.5. The maximum absolute atomic E-state index is 10.9. The highest BCUT2D eigenvalue weighted by Gasteiger charge is 2.35. The number of carbonyl (C=O) groups excluding carboxylic acids is 1. The van der Waals surface area contributed by atoms with Crippen LogP contribution in [0.2, 0.25) is 0 Å². The van der Waals surface area contributed by atoms with Gasteiger partial charge in [-0.3, -0.25) is 0 Å². The topological polar surface area (TPSA) is 55.8 Å². The van der Waals surface area contributed by atoms with Crippen molar-refractivity contribution in [3.05, 3.63) is 0 Å². The van der Waals surface area contributed by atoms with Crippen molar-refractivity contribution < 1.29 is 19.4 Å². The smallest absolute Gasteiger partial charge is 0.340 e. The first-order valence-electron chi connectivity index (χ1n) is 3.40. The van der Waals surface area contributed by atoms with Gasteiger partial charge in [0.15, 0.2) is 5.60 Å². The molecule has 0 rings (SSSR count). The minimum Gasteiger partial charge on any atom is -0.467 e. The average molecular weight is 162 g/mol. The van der Waals surface area contributed by atoms with Crippen molar-refractivity contribution in [2.45, 2.75) is 18.9 Å². The van der Waals surface area contributed by atoms with Crippen LogP contribution in [-0.4, -0.2) is 37.5 Å². The average Bonchev–Trinajstić information content (AvgIpc) is 2.03. The van der Waals surface area contributed by atoms with Gasteiger partial charge in [-0.1, -0.05) is 6.92 Å². The number of esters is 1. The predicted octanol–water partition coefficient (Wildman–Crippen LogP) is -0.0531. The molecule has 4 nitrogen and oxygen atoms in total. The third-order valence-corrected chi connectivity index (χ3v) is 1.53. The van der Waals surface area contributed by atoms with E-state index in [0.29, 0.717) is 0 Å². The summed E-state index contributed by atoms with van der Waals surface area (Å²) in [7, 11) is 2.65. The van der Waals surface area contributed by atoms with Crippen LogP contribution in [0.15, 0.2) is 0 Å². The van der Waals surface area contributed by atoms with Gasteiger partial charge in [0.05, 0.1) is 13.7 Å². The molecule has 1 atom stereocenters. The van der Waals surface area contributed by atoms with Crippen molar-refractivity contribution in [1.82, 2.24) is 0 Å². The van der Waals surface area contributed by atoms with Gasteiger partial charge < -0.3 is 14.6 Å². The highest BCUT2D eigenvalue weighted by molar-refractivity contribution is 5.79. The van der Waals surface area contributed by atoms with Crippen LogP contribution in [0.4, 0.5) is 0 Å². The van der Waals surface area contributed by atoms with E-state index in [0.717, 1.165) is 0 Å².